The number of hydrogen-bond donors (Lipinski definition) is 2. The minimum Gasteiger partial charge on any atom is -0.454 e. The van der Waals surface area contributed by atoms with E-state index in [1.807, 2.05) is 0 Å². The second-order valence-electron chi connectivity index (χ2n) is 5.24. The zero-order valence-electron chi connectivity index (χ0n) is 13.0. The van der Waals surface area contributed by atoms with Crippen LogP contribution in [0, 0.1) is 0 Å². The molecule has 9 heteroatoms. The summed E-state index contributed by atoms with van der Waals surface area (Å²) in [5, 5.41) is 3.07. The molecule has 0 atom stereocenters. The van der Waals surface area contributed by atoms with Gasteiger partial charge in [-0.2, -0.15) is 0 Å². The van der Waals surface area contributed by atoms with Gasteiger partial charge in [0.1, 0.15) is 0 Å². The van der Waals surface area contributed by atoms with Gasteiger partial charge < -0.3 is 14.8 Å². The van der Waals surface area contributed by atoms with Crippen LogP contribution in [0.4, 0.5) is 0 Å². The average Bonchev–Trinajstić information content (AvgIpc) is 3.06. The lowest BCUT2D eigenvalue weighted by molar-refractivity contribution is -0.120. The molecule has 2 N–H and O–H groups in total. The number of benzene rings is 2. The van der Waals surface area contributed by atoms with Crippen molar-refractivity contribution in [1.82, 2.24) is 10.0 Å². The van der Waals surface area contributed by atoms with E-state index in [4.69, 9.17) is 21.1 Å². The van der Waals surface area contributed by atoms with Gasteiger partial charge in [-0.15, -0.1) is 0 Å². The van der Waals surface area contributed by atoms with Crippen molar-refractivity contribution in [3.63, 3.8) is 0 Å². The Morgan fingerprint density at radius 1 is 1.08 bits per heavy atom. The fraction of sp³-hybridized carbons (Fsp3) is 0.188. The lowest BCUT2D eigenvalue weighted by atomic mass is 10.2. The molecule has 1 amide bonds. The van der Waals surface area contributed by atoms with Crippen LogP contribution in [-0.4, -0.2) is 27.7 Å². The van der Waals surface area contributed by atoms with Crippen molar-refractivity contribution in [2.75, 3.05) is 13.3 Å². The third-order valence-electron chi connectivity index (χ3n) is 3.47. The number of ether oxygens (including phenoxy) is 2. The summed E-state index contributed by atoms with van der Waals surface area (Å²) in [7, 11) is -3.77. The van der Waals surface area contributed by atoms with Crippen LogP contribution in [0.25, 0.3) is 0 Å². The third kappa shape index (κ3) is 4.41. The molecule has 0 unspecified atom stereocenters. The van der Waals surface area contributed by atoms with Gasteiger partial charge in [-0.25, -0.2) is 13.1 Å². The topological polar surface area (TPSA) is 93.7 Å². The summed E-state index contributed by atoms with van der Waals surface area (Å²) >= 11 is 5.73. The predicted octanol–water partition coefficient (Wildman–Crippen LogP) is 1.66. The zero-order chi connectivity index (χ0) is 17.9. The Balaban J connectivity index is 1.52. The number of hydrogen-bond acceptors (Lipinski definition) is 5. The van der Waals surface area contributed by atoms with Crippen LogP contribution in [0.5, 0.6) is 11.5 Å². The SMILES string of the molecule is O=C(CNS(=O)(=O)c1ccc(Cl)cc1)NCc1ccc2c(c1)OCO2. The Kier molecular flexibility index (Phi) is 5.12. The van der Waals surface area contributed by atoms with Crippen LogP contribution in [0.1, 0.15) is 5.56 Å². The van der Waals surface area contributed by atoms with E-state index in [0.29, 0.717) is 16.5 Å². The number of fused-ring (bicyclic) bond motifs is 1. The van der Waals surface area contributed by atoms with Crippen LogP contribution in [0.15, 0.2) is 47.4 Å². The van der Waals surface area contributed by atoms with Gasteiger partial charge in [0.25, 0.3) is 0 Å². The highest BCUT2D eigenvalue weighted by Crippen LogP contribution is 2.32. The normalized spacial score (nSPS) is 12.8. The summed E-state index contributed by atoms with van der Waals surface area (Å²) in [6, 6.07) is 11.0. The molecule has 25 heavy (non-hydrogen) atoms. The minimum atomic E-state index is -3.77. The fourth-order valence-corrected chi connectivity index (χ4v) is 3.28. The smallest absolute Gasteiger partial charge is 0.241 e. The number of nitrogens with one attached hydrogen (secondary N) is 2. The van der Waals surface area contributed by atoms with Crippen molar-refractivity contribution in [3.8, 4) is 11.5 Å². The van der Waals surface area contributed by atoms with Crippen molar-refractivity contribution < 1.29 is 22.7 Å². The molecular weight excluding hydrogens is 368 g/mol. The maximum Gasteiger partial charge on any atom is 0.241 e. The Morgan fingerprint density at radius 2 is 1.80 bits per heavy atom. The summed E-state index contributed by atoms with van der Waals surface area (Å²) in [6.07, 6.45) is 0. The predicted molar refractivity (Wildman–Crippen MR) is 91.1 cm³/mol. The van der Waals surface area contributed by atoms with E-state index in [1.165, 1.54) is 24.3 Å². The molecule has 7 nitrogen and oxygen atoms in total. The first kappa shape index (κ1) is 17.5. The van der Waals surface area contributed by atoms with Gasteiger partial charge in [-0.3, -0.25) is 4.79 Å². The second-order valence-corrected chi connectivity index (χ2v) is 7.45. The highest BCUT2D eigenvalue weighted by Gasteiger charge is 2.16. The molecule has 1 aliphatic heterocycles. The standard InChI is InChI=1S/C16H15ClN2O5S/c17-12-2-4-13(5-3-12)25(21,22)19-9-16(20)18-8-11-1-6-14-15(7-11)24-10-23-14/h1-7,19H,8-10H2,(H,18,20). The van der Waals surface area contributed by atoms with Gasteiger partial charge in [0.2, 0.25) is 22.7 Å². The summed E-state index contributed by atoms with van der Waals surface area (Å²) in [6.45, 7) is 0.0608. The summed E-state index contributed by atoms with van der Waals surface area (Å²) in [5.41, 5.74) is 0.818. The van der Waals surface area contributed by atoms with Crippen molar-refractivity contribution in [2.24, 2.45) is 0 Å². The first-order valence-corrected chi connectivity index (χ1v) is 9.21. The molecule has 0 aromatic heterocycles. The minimum absolute atomic E-state index is 0.0421. The molecule has 1 heterocycles. The average molecular weight is 383 g/mol. The molecule has 0 radical (unpaired) electrons. The first-order chi connectivity index (χ1) is 11.9. The number of amides is 1. The quantitative estimate of drug-likeness (QED) is 0.792. The van der Waals surface area contributed by atoms with Crippen LogP contribution in [0.2, 0.25) is 5.02 Å². The lowest BCUT2D eigenvalue weighted by Gasteiger charge is -2.08. The largest absolute Gasteiger partial charge is 0.454 e. The van der Waals surface area contributed by atoms with Gasteiger partial charge in [0.15, 0.2) is 11.5 Å². The summed E-state index contributed by atoms with van der Waals surface area (Å²) in [5.74, 6) is 0.830. The van der Waals surface area contributed by atoms with E-state index in [-0.39, 0.29) is 24.8 Å². The molecule has 2 aromatic carbocycles. The molecule has 0 saturated carbocycles. The van der Waals surface area contributed by atoms with E-state index < -0.39 is 15.9 Å². The molecule has 0 saturated heterocycles. The molecule has 2 aromatic rings. The Hall–Kier alpha value is -2.29. The monoisotopic (exact) mass is 382 g/mol. The molecule has 0 fully saturated rings. The Bertz CT molecular complexity index is 884. The van der Waals surface area contributed by atoms with E-state index in [2.05, 4.69) is 10.0 Å². The van der Waals surface area contributed by atoms with Crippen molar-refractivity contribution >= 4 is 27.5 Å². The molecule has 132 valence electrons. The van der Waals surface area contributed by atoms with Gasteiger partial charge in [0.05, 0.1) is 11.4 Å². The van der Waals surface area contributed by atoms with E-state index in [0.717, 1.165) is 5.56 Å². The lowest BCUT2D eigenvalue weighted by Crippen LogP contribution is -2.36. The Morgan fingerprint density at radius 3 is 2.56 bits per heavy atom. The number of halogens is 1. The fourth-order valence-electron chi connectivity index (χ4n) is 2.17. The molecular formula is C16H15ClN2O5S. The van der Waals surface area contributed by atoms with E-state index in [1.54, 1.807) is 18.2 Å². The first-order valence-electron chi connectivity index (χ1n) is 7.34. The highest BCUT2D eigenvalue weighted by atomic mass is 35.5. The highest BCUT2D eigenvalue weighted by molar-refractivity contribution is 7.89. The number of rotatable bonds is 6. The third-order valence-corrected chi connectivity index (χ3v) is 5.14. The van der Waals surface area contributed by atoms with Gasteiger partial charge >= 0.3 is 0 Å². The molecule has 1 aliphatic rings. The summed E-state index contributed by atoms with van der Waals surface area (Å²) in [4.78, 5) is 11.9. The van der Waals surface area contributed by atoms with Gasteiger partial charge in [0, 0.05) is 11.6 Å². The second kappa shape index (κ2) is 7.30. The molecule has 0 bridgehead atoms. The summed E-state index contributed by atoms with van der Waals surface area (Å²) < 4.78 is 36.9. The number of carbonyl (C=O) groups excluding carboxylic acids is 1. The van der Waals surface area contributed by atoms with Crippen LogP contribution in [-0.2, 0) is 21.4 Å². The van der Waals surface area contributed by atoms with Crippen LogP contribution < -0.4 is 19.5 Å². The van der Waals surface area contributed by atoms with Gasteiger partial charge in [-0.05, 0) is 42.0 Å². The van der Waals surface area contributed by atoms with Gasteiger partial charge in [-0.1, -0.05) is 17.7 Å². The van der Waals surface area contributed by atoms with Crippen LogP contribution >= 0.6 is 11.6 Å². The van der Waals surface area contributed by atoms with Crippen molar-refractivity contribution in [3.05, 3.63) is 53.1 Å². The zero-order valence-corrected chi connectivity index (χ0v) is 14.6. The van der Waals surface area contributed by atoms with Crippen LogP contribution in [0.3, 0.4) is 0 Å². The molecule has 3 rings (SSSR count). The number of carbonyl (C=O) groups is 1. The molecule has 0 aliphatic carbocycles. The van der Waals surface area contributed by atoms with Crippen molar-refractivity contribution in [1.29, 1.82) is 0 Å². The molecule has 0 spiro atoms. The maximum atomic E-state index is 12.1. The number of sulfonamides is 1. The maximum absolute atomic E-state index is 12.1. The van der Waals surface area contributed by atoms with E-state index >= 15 is 0 Å². The van der Waals surface area contributed by atoms with Crippen molar-refractivity contribution in [2.45, 2.75) is 11.4 Å². The Labute approximate surface area is 149 Å². The van der Waals surface area contributed by atoms with E-state index in [9.17, 15) is 13.2 Å².